The Kier molecular flexibility index (Phi) is 3.47. The van der Waals surface area contributed by atoms with Crippen LogP contribution in [0.25, 0.3) is 0 Å². The summed E-state index contributed by atoms with van der Waals surface area (Å²) in [4.78, 5) is 4.14. The summed E-state index contributed by atoms with van der Waals surface area (Å²) in [7, 11) is 0. The fourth-order valence-electron chi connectivity index (χ4n) is 1.01. The third kappa shape index (κ3) is 2.82. The van der Waals surface area contributed by atoms with Gasteiger partial charge in [-0.1, -0.05) is 11.6 Å². The van der Waals surface area contributed by atoms with Crippen molar-refractivity contribution in [3.8, 4) is 0 Å². The number of nitrogens with zero attached hydrogens (tertiary/aromatic N) is 3. The van der Waals surface area contributed by atoms with Gasteiger partial charge in [0.2, 0.25) is 10.7 Å². The van der Waals surface area contributed by atoms with Gasteiger partial charge in [0.15, 0.2) is 0 Å². The maximum absolute atomic E-state index is 5.78. The lowest BCUT2D eigenvalue weighted by atomic mass is 10.3. The Morgan fingerprint density at radius 3 is 2.53 bits per heavy atom. The minimum Gasteiger partial charge on any atom is -0.324 e. The van der Waals surface area contributed by atoms with Crippen LogP contribution < -0.4 is 5.32 Å². The standard InChI is InChI=1S/C8H5BrClIN4/c9-7-13-8(15(11)14-7)12-6-3-1-5(10)2-4-6/h1-4H,(H,12,13,14). The van der Waals surface area contributed by atoms with E-state index in [0.29, 0.717) is 15.7 Å². The Morgan fingerprint density at radius 1 is 1.33 bits per heavy atom. The van der Waals surface area contributed by atoms with E-state index in [9.17, 15) is 0 Å². The van der Waals surface area contributed by atoms with Gasteiger partial charge in [-0.05, 0) is 40.2 Å². The lowest BCUT2D eigenvalue weighted by Gasteiger charge is -2.02. The third-order valence-electron chi connectivity index (χ3n) is 1.64. The lowest BCUT2D eigenvalue weighted by Crippen LogP contribution is -1.95. The Morgan fingerprint density at radius 2 is 2.00 bits per heavy atom. The zero-order chi connectivity index (χ0) is 10.8. The molecule has 1 N–H and O–H groups in total. The van der Waals surface area contributed by atoms with Crippen LogP contribution in [0.2, 0.25) is 5.02 Å². The fraction of sp³-hybridized carbons (Fsp3) is 0. The molecule has 4 nitrogen and oxygen atoms in total. The highest BCUT2D eigenvalue weighted by Crippen LogP contribution is 2.20. The fourth-order valence-corrected chi connectivity index (χ4v) is 2.19. The number of aromatic nitrogens is 3. The number of nitrogens with one attached hydrogen (secondary N) is 1. The van der Waals surface area contributed by atoms with E-state index in [1.165, 1.54) is 0 Å². The van der Waals surface area contributed by atoms with Gasteiger partial charge in [-0.2, -0.15) is 7.88 Å². The van der Waals surface area contributed by atoms with Crippen LogP contribution in [-0.2, 0) is 0 Å². The van der Waals surface area contributed by atoms with Crippen molar-refractivity contribution in [1.82, 2.24) is 13.0 Å². The van der Waals surface area contributed by atoms with Gasteiger partial charge >= 0.3 is 0 Å². The second-order valence-electron chi connectivity index (χ2n) is 2.70. The average Bonchev–Trinajstić information content (AvgIpc) is 2.49. The predicted molar refractivity (Wildman–Crippen MR) is 71.9 cm³/mol. The van der Waals surface area contributed by atoms with E-state index in [1.807, 2.05) is 47.1 Å². The molecule has 1 heterocycles. The van der Waals surface area contributed by atoms with Crippen LogP contribution in [0.1, 0.15) is 0 Å². The minimum atomic E-state index is 0.549. The molecule has 0 aliphatic rings. The predicted octanol–water partition coefficient (Wildman–Crippen LogP) is 3.64. The van der Waals surface area contributed by atoms with Crippen LogP contribution in [0, 0.1) is 0 Å². The van der Waals surface area contributed by atoms with Crippen molar-refractivity contribution >= 4 is 62.0 Å². The molecule has 7 heteroatoms. The van der Waals surface area contributed by atoms with Crippen LogP contribution >= 0.6 is 50.4 Å². The third-order valence-corrected chi connectivity index (χ3v) is 2.90. The first-order valence-corrected chi connectivity index (χ1v) is 6.10. The zero-order valence-electron chi connectivity index (χ0n) is 7.28. The summed E-state index contributed by atoms with van der Waals surface area (Å²) in [5, 5.41) is 7.86. The Labute approximate surface area is 114 Å². The summed E-state index contributed by atoms with van der Waals surface area (Å²) in [5.41, 5.74) is 0.914. The Hall–Kier alpha value is -0.340. The van der Waals surface area contributed by atoms with E-state index in [-0.39, 0.29) is 0 Å². The molecule has 0 radical (unpaired) electrons. The molecule has 0 saturated carbocycles. The molecule has 0 atom stereocenters. The lowest BCUT2D eigenvalue weighted by molar-refractivity contribution is 1.04. The molecule has 1 aromatic carbocycles. The second-order valence-corrected chi connectivity index (χ2v) is 4.76. The van der Waals surface area contributed by atoms with Crippen molar-refractivity contribution in [3.63, 3.8) is 0 Å². The van der Waals surface area contributed by atoms with Gasteiger partial charge < -0.3 is 5.32 Å². The van der Waals surface area contributed by atoms with Gasteiger partial charge in [-0.3, -0.25) is 0 Å². The van der Waals surface area contributed by atoms with E-state index < -0.39 is 0 Å². The molecule has 15 heavy (non-hydrogen) atoms. The molecule has 1 aromatic heterocycles. The highest BCUT2D eigenvalue weighted by Gasteiger charge is 2.05. The van der Waals surface area contributed by atoms with Gasteiger partial charge in [0.05, 0.1) is 22.9 Å². The first-order valence-electron chi connectivity index (χ1n) is 3.96. The van der Waals surface area contributed by atoms with E-state index >= 15 is 0 Å². The van der Waals surface area contributed by atoms with Crippen molar-refractivity contribution in [1.29, 1.82) is 0 Å². The largest absolute Gasteiger partial charge is 0.324 e. The molecule has 0 aliphatic heterocycles. The molecule has 0 unspecified atom stereocenters. The maximum Gasteiger partial charge on any atom is 0.236 e. The van der Waals surface area contributed by atoms with E-state index in [1.54, 1.807) is 2.90 Å². The summed E-state index contributed by atoms with van der Waals surface area (Å²) < 4.78 is 2.17. The van der Waals surface area contributed by atoms with Crippen LogP contribution in [0.4, 0.5) is 11.6 Å². The summed E-state index contributed by atoms with van der Waals surface area (Å²) in [6.45, 7) is 0. The number of hydrogen-bond acceptors (Lipinski definition) is 3. The van der Waals surface area contributed by atoms with Crippen molar-refractivity contribution in [2.75, 3.05) is 5.32 Å². The number of hydrogen-bond donors (Lipinski definition) is 1. The topological polar surface area (TPSA) is 42.7 Å². The van der Waals surface area contributed by atoms with Crippen molar-refractivity contribution < 1.29 is 0 Å². The first-order chi connectivity index (χ1) is 7.15. The van der Waals surface area contributed by atoms with Crippen molar-refractivity contribution in [2.45, 2.75) is 0 Å². The molecule has 0 aliphatic carbocycles. The second kappa shape index (κ2) is 4.67. The molecule has 0 saturated heterocycles. The Balaban J connectivity index is 2.21. The van der Waals surface area contributed by atoms with Crippen LogP contribution in [0.15, 0.2) is 29.0 Å². The highest BCUT2D eigenvalue weighted by atomic mass is 127. The molecule has 0 spiro atoms. The smallest absolute Gasteiger partial charge is 0.236 e. The van der Waals surface area contributed by atoms with E-state index in [2.05, 4.69) is 31.3 Å². The normalized spacial score (nSPS) is 10.3. The van der Waals surface area contributed by atoms with Gasteiger partial charge in [-0.25, -0.2) is 0 Å². The number of benzene rings is 1. The van der Waals surface area contributed by atoms with Gasteiger partial charge in [0, 0.05) is 10.7 Å². The van der Waals surface area contributed by atoms with Crippen molar-refractivity contribution in [3.05, 3.63) is 34.0 Å². The monoisotopic (exact) mass is 398 g/mol. The van der Waals surface area contributed by atoms with Crippen LogP contribution in [0.3, 0.4) is 0 Å². The molecule has 2 aromatic rings. The summed E-state index contributed by atoms with van der Waals surface area (Å²) >= 11 is 11.0. The molecule has 78 valence electrons. The maximum atomic E-state index is 5.78. The van der Waals surface area contributed by atoms with Gasteiger partial charge in [0.1, 0.15) is 0 Å². The number of anilines is 2. The quantitative estimate of drug-likeness (QED) is 0.785. The summed E-state index contributed by atoms with van der Waals surface area (Å²) in [6, 6.07) is 7.38. The SMILES string of the molecule is Clc1ccc(Nc2nc(Br)nn2I)cc1. The number of rotatable bonds is 2. The summed E-state index contributed by atoms with van der Waals surface area (Å²) in [6.07, 6.45) is 0. The molecular weight excluding hydrogens is 394 g/mol. The van der Waals surface area contributed by atoms with Gasteiger partial charge in [-0.15, -0.1) is 5.10 Å². The van der Waals surface area contributed by atoms with Crippen molar-refractivity contribution in [2.24, 2.45) is 0 Å². The average molecular weight is 399 g/mol. The van der Waals surface area contributed by atoms with E-state index in [4.69, 9.17) is 11.6 Å². The molecule has 0 bridgehead atoms. The van der Waals surface area contributed by atoms with E-state index in [0.717, 1.165) is 5.69 Å². The van der Waals surface area contributed by atoms with Crippen LogP contribution in [0.5, 0.6) is 0 Å². The van der Waals surface area contributed by atoms with Gasteiger partial charge in [0.25, 0.3) is 0 Å². The highest BCUT2D eigenvalue weighted by molar-refractivity contribution is 14.1. The summed E-state index contributed by atoms with van der Waals surface area (Å²) in [5.74, 6) is 0.657. The zero-order valence-corrected chi connectivity index (χ0v) is 11.8. The molecule has 2 rings (SSSR count). The molecule has 0 amide bonds. The molecule has 0 fully saturated rings. The molecular formula is C8H5BrClIN4. The Bertz CT molecular complexity index is 470. The minimum absolute atomic E-state index is 0.549. The first kappa shape index (κ1) is 11.2. The van der Waals surface area contributed by atoms with Crippen LogP contribution in [-0.4, -0.2) is 13.0 Å². The number of halogens is 3.